The Kier molecular flexibility index (Phi) is 3.69. The molecule has 0 saturated carbocycles. The molecule has 5 heteroatoms. The fraction of sp³-hybridized carbons (Fsp3) is 0.778. The Morgan fingerprint density at radius 3 is 2.71 bits per heavy atom. The largest absolute Gasteiger partial charge is 0.329 e. The molecule has 14 heavy (non-hydrogen) atoms. The first kappa shape index (κ1) is 11.7. The van der Waals surface area contributed by atoms with E-state index in [9.17, 15) is 8.42 Å². The summed E-state index contributed by atoms with van der Waals surface area (Å²) in [5, 5.41) is 3.23. The van der Waals surface area contributed by atoms with Gasteiger partial charge in [0.05, 0.1) is 11.5 Å². The predicted molar refractivity (Wildman–Crippen MR) is 57.9 cm³/mol. The molecular formula is C9H18N2O2S. The maximum Gasteiger partial charge on any atom is 0.152 e. The second kappa shape index (κ2) is 4.42. The van der Waals surface area contributed by atoms with Crippen molar-refractivity contribution in [1.82, 2.24) is 5.32 Å². The zero-order valence-corrected chi connectivity index (χ0v) is 9.15. The zero-order valence-electron chi connectivity index (χ0n) is 8.33. The number of hydrogen-bond acceptors (Lipinski definition) is 4. The Balaban J connectivity index is 2.56. The summed E-state index contributed by atoms with van der Waals surface area (Å²) in [6, 6.07) is 0. The van der Waals surface area contributed by atoms with Gasteiger partial charge in [0, 0.05) is 12.1 Å². The normalized spacial score (nSPS) is 30.4. The van der Waals surface area contributed by atoms with Gasteiger partial charge in [-0.2, -0.15) is 0 Å². The van der Waals surface area contributed by atoms with Crippen molar-refractivity contribution < 1.29 is 8.42 Å². The van der Waals surface area contributed by atoms with E-state index >= 15 is 0 Å². The molecule has 1 rings (SSSR count). The Bertz CT molecular complexity index is 300. The summed E-state index contributed by atoms with van der Waals surface area (Å²) in [4.78, 5) is 0. The van der Waals surface area contributed by atoms with Crippen LogP contribution in [0.3, 0.4) is 0 Å². The van der Waals surface area contributed by atoms with Crippen molar-refractivity contribution in [3.63, 3.8) is 0 Å². The second-order valence-electron chi connectivity index (χ2n) is 3.83. The van der Waals surface area contributed by atoms with Gasteiger partial charge in [0.1, 0.15) is 0 Å². The lowest BCUT2D eigenvalue weighted by atomic mass is 9.99. The Morgan fingerprint density at radius 1 is 1.57 bits per heavy atom. The summed E-state index contributed by atoms with van der Waals surface area (Å²) in [6.45, 7) is 4.74. The van der Waals surface area contributed by atoms with Crippen molar-refractivity contribution in [2.24, 2.45) is 5.73 Å². The van der Waals surface area contributed by atoms with E-state index < -0.39 is 9.84 Å². The van der Waals surface area contributed by atoms with Crippen LogP contribution < -0.4 is 11.1 Å². The molecule has 1 unspecified atom stereocenters. The fourth-order valence-electron chi connectivity index (χ4n) is 1.73. The van der Waals surface area contributed by atoms with Gasteiger partial charge < -0.3 is 11.1 Å². The Labute approximate surface area is 85.5 Å². The molecule has 1 atom stereocenters. The van der Waals surface area contributed by atoms with Gasteiger partial charge in [-0.3, -0.25) is 0 Å². The minimum atomic E-state index is -2.87. The third-order valence-corrected chi connectivity index (χ3v) is 4.45. The summed E-state index contributed by atoms with van der Waals surface area (Å²) in [7, 11) is -2.87. The Hall–Kier alpha value is -0.390. The highest BCUT2D eigenvalue weighted by molar-refractivity contribution is 7.91. The SMILES string of the molecule is C=CCCNC1(CN)CCS(=O)(=O)C1. The molecule has 0 spiro atoms. The number of rotatable bonds is 5. The molecule has 0 bridgehead atoms. The fourth-order valence-corrected chi connectivity index (χ4v) is 3.78. The molecule has 0 amide bonds. The van der Waals surface area contributed by atoms with Gasteiger partial charge in [0.15, 0.2) is 9.84 Å². The molecule has 1 saturated heterocycles. The summed E-state index contributed by atoms with van der Waals surface area (Å²) in [6.07, 6.45) is 3.27. The predicted octanol–water partition coefficient (Wildman–Crippen LogP) is -0.332. The first-order valence-corrected chi connectivity index (χ1v) is 6.62. The molecule has 1 aliphatic rings. The van der Waals surface area contributed by atoms with Gasteiger partial charge in [0.25, 0.3) is 0 Å². The van der Waals surface area contributed by atoms with E-state index in [1.807, 2.05) is 0 Å². The zero-order chi connectivity index (χ0) is 10.7. The number of nitrogens with one attached hydrogen (secondary N) is 1. The van der Waals surface area contributed by atoms with E-state index in [0.717, 1.165) is 13.0 Å². The van der Waals surface area contributed by atoms with Gasteiger partial charge >= 0.3 is 0 Å². The van der Waals surface area contributed by atoms with Crippen LogP contribution in [0, 0.1) is 0 Å². The first-order chi connectivity index (χ1) is 6.54. The maximum atomic E-state index is 11.3. The van der Waals surface area contributed by atoms with Gasteiger partial charge in [-0.25, -0.2) is 8.42 Å². The van der Waals surface area contributed by atoms with E-state index in [2.05, 4.69) is 11.9 Å². The molecule has 0 aromatic heterocycles. The van der Waals surface area contributed by atoms with Gasteiger partial charge in [0.2, 0.25) is 0 Å². The first-order valence-electron chi connectivity index (χ1n) is 4.80. The van der Waals surface area contributed by atoms with Crippen molar-refractivity contribution in [3.8, 4) is 0 Å². The number of nitrogens with two attached hydrogens (primary N) is 1. The van der Waals surface area contributed by atoms with Crippen molar-refractivity contribution in [3.05, 3.63) is 12.7 Å². The van der Waals surface area contributed by atoms with Crippen molar-refractivity contribution >= 4 is 9.84 Å². The lowest BCUT2D eigenvalue weighted by molar-refractivity contribution is 0.376. The monoisotopic (exact) mass is 218 g/mol. The summed E-state index contributed by atoms with van der Waals surface area (Å²) < 4.78 is 22.6. The van der Waals surface area contributed by atoms with Crippen LogP contribution in [-0.4, -0.2) is 38.6 Å². The lowest BCUT2D eigenvalue weighted by Crippen LogP contribution is -2.52. The summed E-state index contributed by atoms with van der Waals surface area (Å²) in [5.74, 6) is 0.429. The lowest BCUT2D eigenvalue weighted by Gasteiger charge is -2.27. The highest BCUT2D eigenvalue weighted by atomic mass is 32.2. The molecule has 1 fully saturated rings. The number of sulfone groups is 1. The quantitative estimate of drug-likeness (QED) is 0.489. The van der Waals surface area contributed by atoms with Crippen LogP contribution in [-0.2, 0) is 9.84 Å². The molecule has 1 aliphatic heterocycles. The van der Waals surface area contributed by atoms with Crippen LogP contribution in [0.4, 0.5) is 0 Å². The molecule has 82 valence electrons. The van der Waals surface area contributed by atoms with E-state index in [4.69, 9.17) is 5.73 Å². The van der Waals surface area contributed by atoms with Gasteiger partial charge in [-0.05, 0) is 19.4 Å². The topological polar surface area (TPSA) is 72.2 Å². The number of hydrogen-bond donors (Lipinski definition) is 2. The molecule has 0 aromatic rings. The molecule has 4 nitrogen and oxygen atoms in total. The minimum Gasteiger partial charge on any atom is -0.329 e. The van der Waals surface area contributed by atoms with Gasteiger partial charge in [-0.1, -0.05) is 6.08 Å². The Morgan fingerprint density at radius 2 is 2.29 bits per heavy atom. The van der Waals surface area contributed by atoms with E-state index in [1.54, 1.807) is 6.08 Å². The van der Waals surface area contributed by atoms with Gasteiger partial charge in [-0.15, -0.1) is 6.58 Å². The van der Waals surface area contributed by atoms with E-state index in [1.165, 1.54) is 0 Å². The summed E-state index contributed by atoms with van der Waals surface area (Å²) >= 11 is 0. The smallest absolute Gasteiger partial charge is 0.152 e. The van der Waals surface area contributed by atoms with Crippen molar-refractivity contribution in [2.75, 3.05) is 24.6 Å². The summed E-state index contributed by atoms with van der Waals surface area (Å²) in [5.41, 5.74) is 5.23. The minimum absolute atomic E-state index is 0.174. The average Bonchev–Trinajstić information content (AvgIpc) is 2.44. The molecular weight excluding hydrogens is 200 g/mol. The highest BCUT2D eigenvalue weighted by Gasteiger charge is 2.40. The van der Waals surface area contributed by atoms with Crippen molar-refractivity contribution in [1.29, 1.82) is 0 Å². The molecule has 0 aromatic carbocycles. The second-order valence-corrected chi connectivity index (χ2v) is 6.01. The van der Waals surface area contributed by atoms with Crippen LogP contribution >= 0.6 is 0 Å². The third-order valence-electron chi connectivity index (χ3n) is 2.63. The van der Waals surface area contributed by atoms with Crippen molar-refractivity contribution in [2.45, 2.75) is 18.4 Å². The highest BCUT2D eigenvalue weighted by Crippen LogP contribution is 2.22. The third kappa shape index (κ3) is 2.80. The van der Waals surface area contributed by atoms with E-state index in [-0.39, 0.29) is 17.0 Å². The molecule has 1 heterocycles. The molecule has 0 radical (unpaired) electrons. The van der Waals surface area contributed by atoms with Crippen LogP contribution in [0.15, 0.2) is 12.7 Å². The van der Waals surface area contributed by atoms with Crippen LogP contribution in [0.25, 0.3) is 0 Å². The standard InChI is InChI=1S/C9H18N2O2S/c1-2-3-5-11-9(7-10)4-6-14(12,13)8-9/h2,11H,1,3-8,10H2. The van der Waals surface area contributed by atoms with Crippen LogP contribution in [0.2, 0.25) is 0 Å². The molecule has 0 aliphatic carbocycles. The van der Waals surface area contributed by atoms with Crippen LogP contribution in [0.5, 0.6) is 0 Å². The van der Waals surface area contributed by atoms with E-state index in [0.29, 0.717) is 13.0 Å². The maximum absolute atomic E-state index is 11.3. The molecule has 3 N–H and O–H groups in total. The average molecular weight is 218 g/mol. The van der Waals surface area contributed by atoms with Crippen LogP contribution in [0.1, 0.15) is 12.8 Å².